The molecular weight excluding hydrogens is 152 g/mol. The van der Waals surface area contributed by atoms with E-state index in [0.717, 1.165) is 11.3 Å². The Hall–Kier alpha value is -1.35. The average Bonchev–Trinajstić information content (AvgIpc) is 2.25. The molecule has 12 heavy (non-hydrogen) atoms. The minimum atomic E-state index is -0.864. The first kappa shape index (κ1) is 7.31. The van der Waals surface area contributed by atoms with Gasteiger partial charge in [-0.3, -0.25) is 4.79 Å². The number of fused-ring (bicyclic) bond motifs is 1. The van der Waals surface area contributed by atoms with Gasteiger partial charge in [0.15, 0.2) is 0 Å². The molecule has 1 aromatic carbocycles. The normalized spacial score (nSPS) is 26.7. The summed E-state index contributed by atoms with van der Waals surface area (Å²) < 4.78 is 0. The molecule has 1 amide bonds. The molecule has 3 nitrogen and oxygen atoms in total. The molecule has 1 aliphatic heterocycles. The second-order valence-corrected chi connectivity index (χ2v) is 3.20. The molecule has 3 N–H and O–H groups in total. The summed E-state index contributed by atoms with van der Waals surface area (Å²) in [5.74, 6) is -0.135. The first-order valence-electron chi connectivity index (χ1n) is 3.82. The molecule has 2 rings (SSSR count). The van der Waals surface area contributed by atoms with Crippen LogP contribution in [0.1, 0.15) is 12.5 Å². The Morgan fingerprint density at radius 3 is 2.75 bits per heavy atom. The van der Waals surface area contributed by atoms with E-state index < -0.39 is 5.54 Å². The number of rotatable bonds is 0. The van der Waals surface area contributed by atoms with Crippen molar-refractivity contribution in [3.63, 3.8) is 0 Å². The second-order valence-electron chi connectivity index (χ2n) is 3.20. The van der Waals surface area contributed by atoms with E-state index in [4.69, 9.17) is 5.73 Å². The van der Waals surface area contributed by atoms with Crippen LogP contribution in [-0.2, 0) is 10.3 Å². The summed E-state index contributed by atoms with van der Waals surface area (Å²) in [4.78, 5) is 11.3. The molecule has 1 aromatic rings. The van der Waals surface area contributed by atoms with E-state index in [9.17, 15) is 4.79 Å². The van der Waals surface area contributed by atoms with Crippen LogP contribution in [-0.4, -0.2) is 5.91 Å². The summed E-state index contributed by atoms with van der Waals surface area (Å²) in [7, 11) is 0. The second kappa shape index (κ2) is 2.08. The monoisotopic (exact) mass is 162 g/mol. The van der Waals surface area contributed by atoms with E-state index >= 15 is 0 Å². The lowest BCUT2D eigenvalue weighted by molar-refractivity contribution is -0.120. The van der Waals surface area contributed by atoms with Crippen molar-refractivity contribution < 1.29 is 4.79 Å². The highest BCUT2D eigenvalue weighted by Gasteiger charge is 2.38. The zero-order valence-corrected chi connectivity index (χ0v) is 6.79. The van der Waals surface area contributed by atoms with Crippen molar-refractivity contribution in [3.8, 4) is 0 Å². The quantitative estimate of drug-likeness (QED) is 0.593. The molecule has 0 fully saturated rings. The SMILES string of the molecule is CC1(N)C(=O)Nc2ccccc21. The first-order chi connectivity index (χ1) is 5.62. The van der Waals surface area contributed by atoms with Crippen molar-refractivity contribution in [3.05, 3.63) is 29.8 Å². The number of anilines is 1. The summed E-state index contributed by atoms with van der Waals surface area (Å²) in [5.41, 5.74) is 6.65. The van der Waals surface area contributed by atoms with Crippen molar-refractivity contribution in [2.24, 2.45) is 5.73 Å². The van der Waals surface area contributed by atoms with Gasteiger partial charge in [0.05, 0.1) is 0 Å². The largest absolute Gasteiger partial charge is 0.324 e. The molecule has 62 valence electrons. The lowest BCUT2D eigenvalue weighted by Crippen LogP contribution is -2.40. The smallest absolute Gasteiger partial charge is 0.248 e. The number of para-hydroxylation sites is 1. The molecule has 0 aromatic heterocycles. The molecule has 0 saturated heterocycles. The molecule has 0 bridgehead atoms. The fourth-order valence-electron chi connectivity index (χ4n) is 1.42. The van der Waals surface area contributed by atoms with E-state index in [2.05, 4.69) is 5.32 Å². The van der Waals surface area contributed by atoms with Crippen LogP contribution in [0.4, 0.5) is 5.69 Å². The van der Waals surface area contributed by atoms with E-state index in [0.29, 0.717) is 0 Å². The Labute approximate surface area is 70.6 Å². The molecule has 1 atom stereocenters. The van der Waals surface area contributed by atoms with Crippen molar-refractivity contribution in [2.75, 3.05) is 5.32 Å². The van der Waals surface area contributed by atoms with Gasteiger partial charge in [-0.05, 0) is 13.0 Å². The Kier molecular flexibility index (Phi) is 1.26. The highest BCUT2D eigenvalue weighted by atomic mass is 16.2. The summed E-state index contributed by atoms with van der Waals surface area (Å²) in [5, 5.41) is 2.72. The number of nitrogens with two attached hydrogens (primary N) is 1. The van der Waals surface area contributed by atoms with Crippen LogP contribution in [0.5, 0.6) is 0 Å². The lowest BCUT2D eigenvalue weighted by atomic mass is 9.95. The van der Waals surface area contributed by atoms with E-state index in [-0.39, 0.29) is 5.91 Å². The zero-order valence-electron chi connectivity index (χ0n) is 6.79. The van der Waals surface area contributed by atoms with Gasteiger partial charge in [-0.15, -0.1) is 0 Å². The molecular formula is C9H10N2O. The highest BCUT2D eigenvalue weighted by molar-refractivity contribution is 6.05. The number of hydrogen-bond acceptors (Lipinski definition) is 2. The molecule has 1 heterocycles. The van der Waals surface area contributed by atoms with Crippen molar-refractivity contribution >= 4 is 11.6 Å². The Balaban J connectivity index is 2.63. The lowest BCUT2D eigenvalue weighted by Gasteiger charge is -2.14. The fraction of sp³-hybridized carbons (Fsp3) is 0.222. The van der Waals surface area contributed by atoms with Gasteiger partial charge in [-0.25, -0.2) is 0 Å². The minimum Gasteiger partial charge on any atom is -0.324 e. The van der Waals surface area contributed by atoms with Crippen LogP contribution >= 0.6 is 0 Å². The number of carbonyl (C=O) groups is 1. The molecule has 0 spiro atoms. The zero-order chi connectivity index (χ0) is 8.77. The third-order valence-electron chi connectivity index (χ3n) is 2.21. The number of hydrogen-bond donors (Lipinski definition) is 2. The van der Waals surface area contributed by atoms with Gasteiger partial charge in [0, 0.05) is 11.3 Å². The Bertz CT molecular complexity index is 344. The third kappa shape index (κ3) is 0.769. The van der Waals surface area contributed by atoms with Gasteiger partial charge in [-0.1, -0.05) is 18.2 Å². The van der Waals surface area contributed by atoms with Crippen LogP contribution in [0, 0.1) is 0 Å². The van der Waals surface area contributed by atoms with Crippen LogP contribution in [0.15, 0.2) is 24.3 Å². The predicted octanol–water partition coefficient (Wildman–Crippen LogP) is 0.813. The van der Waals surface area contributed by atoms with Gasteiger partial charge in [0.2, 0.25) is 5.91 Å². The molecule has 1 unspecified atom stereocenters. The summed E-state index contributed by atoms with van der Waals surface area (Å²) in [6, 6.07) is 7.48. The molecule has 1 aliphatic rings. The van der Waals surface area contributed by atoms with Gasteiger partial charge >= 0.3 is 0 Å². The summed E-state index contributed by atoms with van der Waals surface area (Å²) >= 11 is 0. The van der Waals surface area contributed by atoms with Gasteiger partial charge in [0.25, 0.3) is 0 Å². The van der Waals surface area contributed by atoms with Crippen LogP contribution in [0.25, 0.3) is 0 Å². The molecule has 0 radical (unpaired) electrons. The number of benzene rings is 1. The van der Waals surface area contributed by atoms with Gasteiger partial charge < -0.3 is 11.1 Å². The Morgan fingerprint density at radius 1 is 1.42 bits per heavy atom. The molecule has 0 aliphatic carbocycles. The van der Waals surface area contributed by atoms with Gasteiger partial charge in [0.1, 0.15) is 5.54 Å². The summed E-state index contributed by atoms with van der Waals surface area (Å²) in [6.45, 7) is 1.72. The average molecular weight is 162 g/mol. The fourth-order valence-corrected chi connectivity index (χ4v) is 1.42. The van der Waals surface area contributed by atoms with Crippen LogP contribution in [0.3, 0.4) is 0 Å². The van der Waals surface area contributed by atoms with Crippen LogP contribution in [0.2, 0.25) is 0 Å². The summed E-state index contributed by atoms with van der Waals surface area (Å²) in [6.07, 6.45) is 0. The molecule has 0 saturated carbocycles. The Morgan fingerprint density at radius 2 is 2.08 bits per heavy atom. The topological polar surface area (TPSA) is 55.1 Å². The maximum atomic E-state index is 11.3. The minimum absolute atomic E-state index is 0.135. The van der Waals surface area contributed by atoms with Gasteiger partial charge in [-0.2, -0.15) is 0 Å². The first-order valence-corrected chi connectivity index (χ1v) is 3.82. The van der Waals surface area contributed by atoms with Crippen molar-refractivity contribution in [2.45, 2.75) is 12.5 Å². The van der Waals surface area contributed by atoms with Crippen LogP contribution < -0.4 is 11.1 Å². The highest BCUT2D eigenvalue weighted by Crippen LogP contribution is 2.32. The molecule has 3 heteroatoms. The van der Waals surface area contributed by atoms with E-state index in [1.54, 1.807) is 6.92 Å². The predicted molar refractivity (Wildman–Crippen MR) is 46.6 cm³/mol. The number of amides is 1. The van der Waals surface area contributed by atoms with Crippen molar-refractivity contribution in [1.29, 1.82) is 0 Å². The number of nitrogens with one attached hydrogen (secondary N) is 1. The maximum Gasteiger partial charge on any atom is 0.248 e. The maximum absolute atomic E-state index is 11.3. The van der Waals surface area contributed by atoms with Crippen molar-refractivity contribution in [1.82, 2.24) is 0 Å². The standard InChI is InChI=1S/C9H10N2O/c1-9(10)6-4-2-3-5-7(6)11-8(9)12/h2-5H,10H2,1H3,(H,11,12). The number of carbonyl (C=O) groups excluding carboxylic acids is 1. The third-order valence-corrected chi connectivity index (χ3v) is 2.21. The van der Waals surface area contributed by atoms with E-state index in [1.807, 2.05) is 24.3 Å². The van der Waals surface area contributed by atoms with E-state index in [1.165, 1.54) is 0 Å².